The van der Waals surface area contributed by atoms with Crippen LogP contribution in [0.3, 0.4) is 0 Å². The van der Waals surface area contributed by atoms with Gasteiger partial charge in [0.1, 0.15) is 6.29 Å². The summed E-state index contributed by atoms with van der Waals surface area (Å²) in [6, 6.07) is 10.5. The number of benzene rings is 2. The maximum absolute atomic E-state index is 11.9. The van der Waals surface area contributed by atoms with Crippen molar-refractivity contribution in [1.29, 1.82) is 0 Å². The second-order valence-electron chi connectivity index (χ2n) is 5.27. The molecular weight excluding hydrogens is 365 g/mol. The third-order valence-electron chi connectivity index (χ3n) is 3.42. The molecular formula is C18H15Cl2NO4. The summed E-state index contributed by atoms with van der Waals surface area (Å²) >= 11 is 11.9. The Morgan fingerprint density at radius 1 is 1.16 bits per heavy atom. The topological polar surface area (TPSA) is 72.5 Å². The first-order valence-corrected chi connectivity index (χ1v) is 8.13. The molecule has 0 aliphatic rings. The highest BCUT2D eigenvalue weighted by atomic mass is 35.5. The van der Waals surface area contributed by atoms with Gasteiger partial charge in [0, 0.05) is 15.6 Å². The minimum atomic E-state index is -0.648. The quantitative estimate of drug-likeness (QED) is 0.611. The number of halogens is 2. The van der Waals surface area contributed by atoms with E-state index in [1.807, 2.05) is 0 Å². The number of nitrogens with one attached hydrogen (secondary N) is 1. The molecule has 0 fully saturated rings. The highest BCUT2D eigenvalue weighted by molar-refractivity contribution is 6.35. The Kier molecular flexibility index (Phi) is 6.56. The van der Waals surface area contributed by atoms with Gasteiger partial charge in [-0.3, -0.25) is 9.59 Å². The Morgan fingerprint density at radius 2 is 1.84 bits per heavy atom. The van der Waals surface area contributed by atoms with E-state index in [4.69, 9.17) is 27.9 Å². The largest absolute Gasteiger partial charge is 0.452 e. The molecule has 0 spiro atoms. The molecule has 5 nitrogen and oxygen atoms in total. The third-order valence-corrected chi connectivity index (χ3v) is 3.99. The van der Waals surface area contributed by atoms with E-state index in [0.717, 1.165) is 0 Å². The second-order valence-corrected chi connectivity index (χ2v) is 6.11. The van der Waals surface area contributed by atoms with Crippen molar-refractivity contribution < 1.29 is 19.1 Å². The average Bonchev–Trinajstić information content (AvgIpc) is 2.59. The SMILES string of the molecule is C[C@@H](NC(=O)COC(=O)c1ccc(C=O)cc1)c1ccc(Cl)cc1Cl. The monoisotopic (exact) mass is 379 g/mol. The zero-order valence-electron chi connectivity index (χ0n) is 13.3. The van der Waals surface area contributed by atoms with Gasteiger partial charge in [-0.2, -0.15) is 0 Å². The van der Waals surface area contributed by atoms with Crippen molar-refractivity contribution in [3.63, 3.8) is 0 Å². The van der Waals surface area contributed by atoms with Crippen molar-refractivity contribution in [3.05, 3.63) is 69.2 Å². The van der Waals surface area contributed by atoms with E-state index < -0.39 is 18.5 Å². The molecule has 0 unspecified atom stereocenters. The second kappa shape index (κ2) is 8.65. The van der Waals surface area contributed by atoms with Crippen LogP contribution in [0.4, 0.5) is 0 Å². The van der Waals surface area contributed by atoms with E-state index in [0.29, 0.717) is 27.5 Å². The summed E-state index contributed by atoms with van der Waals surface area (Å²) in [6.45, 7) is 1.33. The Hall–Kier alpha value is -2.37. The van der Waals surface area contributed by atoms with Crippen LogP contribution < -0.4 is 5.32 Å². The van der Waals surface area contributed by atoms with Gasteiger partial charge in [-0.05, 0) is 36.8 Å². The summed E-state index contributed by atoms with van der Waals surface area (Å²) in [4.78, 5) is 34.4. The Labute approximate surface area is 154 Å². The fraction of sp³-hybridized carbons (Fsp3) is 0.167. The molecule has 0 saturated heterocycles. The molecule has 0 saturated carbocycles. The predicted octanol–water partition coefficient (Wildman–Crippen LogP) is 3.84. The van der Waals surface area contributed by atoms with Gasteiger partial charge in [0.05, 0.1) is 11.6 Å². The molecule has 0 heterocycles. The number of rotatable bonds is 6. The number of aldehydes is 1. The van der Waals surface area contributed by atoms with Gasteiger partial charge in [-0.1, -0.05) is 41.4 Å². The summed E-state index contributed by atoms with van der Waals surface area (Å²) in [7, 11) is 0. The lowest BCUT2D eigenvalue weighted by atomic mass is 10.1. The first-order valence-electron chi connectivity index (χ1n) is 7.37. The molecule has 25 heavy (non-hydrogen) atoms. The first-order chi connectivity index (χ1) is 11.9. The Bertz CT molecular complexity index is 790. The van der Waals surface area contributed by atoms with Gasteiger partial charge < -0.3 is 10.1 Å². The van der Waals surface area contributed by atoms with Crippen molar-refractivity contribution in [1.82, 2.24) is 5.32 Å². The standard InChI is InChI=1S/C18H15Cl2NO4/c1-11(15-7-6-14(19)8-16(15)20)21-17(23)10-25-18(24)13-4-2-12(9-22)3-5-13/h2-9,11H,10H2,1H3,(H,21,23)/t11-/m1/s1. The van der Waals surface area contributed by atoms with Crippen LogP contribution >= 0.6 is 23.2 Å². The van der Waals surface area contributed by atoms with E-state index in [1.165, 1.54) is 24.3 Å². The summed E-state index contributed by atoms with van der Waals surface area (Å²) in [5.74, 6) is -1.11. The number of ether oxygens (including phenoxy) is 1. The molecule has 0 aliphatic heterocycles. The fourth-order valence-electron chi connectivity index (χ4n) is 2.13. The Balaban J connectivity index is 1.88. The molecule has 1 N–H and O–H groups in total. The van der Waals surface area contributed by atoms with Crippen LogP contribution in [0.25, 0.3) is 0 Å². The number of carbonyl (C=O) groups is 3. The minimum Gasteiger partial charge on any atom is -0.452 e. The van der Waals surface area contributed by atoms with Crippen molar-refractivity contribution >= 4 is 41.4 Å². The van der Waals surface area contributed by atoms with Gasteiger partial charge in [0.2, 0.25) is 0 Å². The van der Waals surface area contributed by atoms with Crippen LogP contribution in [0.5, 0.6) is 0 Å². The van der Waals surface area contributed by atoms with Gasteiger partial charge in [-0.15, -0.1) is 0 Å². The van der Waals surface area contributed by atoms with Crippen LogP contribution in [0.1, 0.15) is 39.2 Å². The summed E-state index contributed by atoms with van der Waals surface area (Å²) in [5.41, 5.74) is 1.41. The molecule has 2 aromatic rings. The number of carbonyl (C=O) groups excluding carboxylic acids is 3. The summed E-state index contributed by atoms with van der Waals surface area (Å²) in [5, 5.41) is 3.63. The van der Waals surface area contributed by atoms with Crippen LogP contribution in [0.2, 0.25) is 10.0 Å². The molecule has 0 aliphatic carbocycles. The van der Waals surface area contributed by atoms with E-state index in [9.17, 15) is 14.4 Å². The molecule has 0 radical (unpaired) electrons. The molecule has 7 heteroatoms. The van der Waals surface area contributed by atoms with E-state index in [2.05, 4.69) is 5.32 Å². The number of esters is 1. The maximum Gasteiger partial charge on any atom is 0.338 e. The average molecular weight is 380 g/mol. The maximum atomic E-state index is 11.9. The summed E-state index contributed by atoms with van der Waals surface area (Å²) in [6.07, 6.45) is 0.672. The van der Waals surface area contributed by atoms with Gasteiger partial charge in [0.15, 0.2) is 6.61 Å². The number of hydrogen-bond donors (Lipinski definition) is 1. The normalized spacial score (nSPS) is 11.5. The first kappa shape index (κ1) is 19.0. The molecule has 2 rings (SSSR count). The lowest BCUT2D eigenvalue weighted by Crippen LogP contribution is -2.31. The van der Waals surface area contributed by atoms with E-state index >= 15 is 0 Å². The molecule has 2 aromatic carbocycles. The van der Waals surface area contributed by atoms with E-state index in [-0.39, 0.29) is 11.6 Å². The lowest BCUT2D eigenvalue weighted by Gasteiger charge is -2.16. The Morgan fingerprint density at radius 3 is 2.44 bits per heavy atom. The highest BCUT2D eigenvalue weighted by Gasteiger charge is 2.15. The molecule has 130 valence electrons. The van der Waals surface area contributed by atoms with Crippen molar-refractivity contribution in [2.75, 3.05) is 6.61 Å². The smallest absolute Gasteiger partial charge is 0.338 e. The zero-order chi connectivity index (χ0) is 18.4. The zero-order valence-corrected chi connectivity index (χ0v) is 14.8. The van der Waals surface area contributed by atoms with Crippen LogP contribution in [-0.4, -0.2) is 24.8 Å². The van der Waals surface area contributed by atoms with Crippen LogP contribution in [0, 0.1) is 0 Å². The third kappa shape index (κ3) is 5.31. The van der Waals surface area contributed by atoms with Crippen LogP contribution in [0.15, 0.2) is 42.5 Å². The highest BCUT2D eigenvalue weighted by Crippen LogP contribution is 2.25. The molecule has 1 amide bonds. The number of amides is 1. The predicted molar refractivity (Wildman–Crippen MR) is 95.1 cm³/mol. The van der Waals surface area contributed by atoms with Gasteiger partial charge in [0.25, 0.3) is 5.91 Å². The molecule has 1 atom stereocenters. The van der Waals surface area contributed by atoms with Gasteiger partial charge >= 0.3 is 5.97 Å². The molecule has 0 bridgehead atoms. The number of hydrogen-bond acceptors (Lipinski definition) is 4. The van der Waals surface area contributed by atoms with Gasteiger partial charge in [-0.25, -0.2) is 4.79 Å². The summed E-state index contributed by atoms with van der Waals surface area (Å²) < 4.78 is 4.96. The fourth-order valence-corrected chi connectivity index (χ4v) is 2.70. The van der Waals surface area contributed by atoms with E-state index in [1.54, 1.807) is 25.1 Å². The minimum absolute atomic E-state index is 0.257. The molecule has 0 aromatic heterocycles. The van der Waals surface area contributed by atoms with Crippen molar-refractivity contribution in [2.24, 2.45) is 0 Å². The van der Waals surface area contributed by atoms with Crippen LogP contribution in [-0.2, 0) is 9.53 Å². The van der Waals surface area contributed by atoms with Crippen molar-refractivity contribution in [3.8, 4) is 0 Å². The lowest BCUT2D eigenvalue weighted by molar-refractivity contribution is -0.124. The van der Waals surface area contributed by atoms with Crippen molar-refractivity contribution in [2.45, 2.75) is 13.0 Å².